The second-order valence-electron chi connectivity index (χ2n) is 9.95. The van der Waals surface area contributed by atoms with Gasteiger partial charge in [0, 0.05) is 25.8 Å². The molecule has 37 heavy (non-hydrogen) atoms. The van der Waals surface area contributed by atoms with Gasteiger partial charge < -0.3 is 10.2 Å². The molecule has 2 aliphatic heterocycles. The summed E-state index contributed by atoms with van der Waals surface area (Å²) in [5.41, 5.74) is -0.182. The zero-order valence-electron chi connectivity index (χ0n) is 21.7. The van der Waals surface area contributed by atoms with E-state index >= 15 is 0 Å². The fraction of sp³-hybridized carbons (Fsp3) is 0.429. The number of benzene rings is 2. The second kappa shape index (κ2) is 10.3. The predicted octanol–water partition coefficient (Wildman–Crippen LogP) is 3.74. The molecular formula is C28H33FN4O4. The number of likely N-dealkylation sites (tertiary alicyclic amines) is 1. The number of anilines is 1. The van der Waals surface area contributed by atoms with E-state index < -0.39 is 23.3 Å². The van der Waals surface area contributed by atoms with E-state index in [4.69, 9.17) is 0 Å². The Morgan fingerprint density at radius 2 is 1.70 bits per heavy atom. The number of aryl methyl sites for hydroxylation is 1. The minimum atomic E-state index is -1.07. The molecule has 9 heteroatoms. The first-order chi connectivity index (χ1) is 17.6. The highest BCUT2D eigenvalue weighted by molar-refractivity contribution is 6.16. The van der Waals surface area contributed by atoms with Crippen LogP contribution in [-0.4, -0.2) is 65.3 Å². The number of hydrogen-bond donors (Lipinski definition) is 1. The molecule has 0 bridgehead atoms. The van der Waals surface area contributed by atoms with Crippen LogP contribution in [0.15, 0.2) is 48.5 Å². The van der Waals surface area contributed by atoms with Crippen LogP contribution in [0.5, 0.6) is 0 Å². The predicted molar refractivity (Wildman–Crippen MR) is 137 cm³/mol. The van der Waals surface area contributed by atoms with E-state index in [1.165, 1.54) is 13.1 Å². The molecule has 0 aliphatic carbocycles. The van der Waals surface area contributed by atoms with Crippen LogP contribution in [-0.2, 0) is 9.59 Å². The molecular weight excluding hydrogens is 475 g/mol. The van der Waals surface area contributed by atoms with Crippen molar-refractivity contribution in [3.63, 3.8) is 0 Å². The summed E-state index contributed by atoms with van der Waals surface area (Å²) in [5.74, 6) is -1.99. The molecule has 2 heterocycles. The SMILES string of the molecule is CC[C@@H](C)[C@@H](NC(=O)c1cccc(C)c1F)C(=O)N1CCC2(CC1)C(=O)N(C)C(=O)N2c1ccccc1. The van der Waals surface area contributed by atoms with Gasteiger partial charge in [0.1, 0.15) is 17.4 Å². The van der Waals surface area contributed by atoms with Gasteiger partial charge in [-0.05, 0) is 49.4 Å². The van der Waals surface area contributed by atoms with Gasteiger partial charge in [0.25, 0.3) is 11.8 Å². The molecule has 2 fully saturated rings. The monoisotopic (exact) mass is 508 g/mol. The number of nitrogens with zero attached hydrogens (tertiary/aromatic N) is 3. The topological polar surface area (TPSA) is 90.0 Å². The maximum atomic E-state index is 14.6. The lowest BCUT2D eigenvalue weighted by Crippen LogP contribution is -2.60. The van der Waals surface area contributed by atoms with Crippen LogP contribution in [0.4, 0.5) is 14.9 Å². The molecule has 5 amide bonds. The summed E-state index contributed by atoms with van der Waals surface area (Å²) in [6, 6.07) is 12.4. The van der Waals surface area contributed by atoms with Crippen LogP contribution < -0.4 is 10.2 Å². The van der Waals surface area contributed by atoms with Crippen LogP contribution in [0.1, 0.15) is 49.0 Å². The number of carbonyl (C=O) groups is 4. The molecule has 4 rings (SSSR count). The third-order valence-corrected chi connectivity index (χ3v) is 7.73. The van der Waals surface area contributed by atoms with E-state index in [-0.39, 0.29) is 55.3 Å². The van der Waals surface area contributed by atoms with Gasteiger partial charge in [-0.1, -0.05) is 50.6 Å². The van der Waals surface area contributed by atoms with E-state index in [1.807, 2.05) is 32.0 Å². The normalized spacial score (nSPS) is 18.8. The Kier molecular flexibility index (Phi) is 7.34. The number of rotatable bonds is 6. The number of likely N-dealkylation sites (N-methyl/N-ethyl adjacent to an activating group) is 1. The van der Waals surface area contributed by atoms with Gasteiger partial charge in [-0.2, -0.15) is 0 Å². The van der Waals surface area contributed by atoms with Crippen LogP contribution in [0, 0.1) is 18.7 Å². The molecule has 8 nitrogen and oxygen atoms in total. The lowest BCUT2D eigenvalue weighted by atomic mass is 9.84. The minimum absolute atomic E-state index is 0.102. The Hall–Kier alpha value is -3.75. The molecule has 2 aromatic rings. The third-order valence-electron chi connectivity index (χ3n) is 7.73. The lowest BCUT2D eigenvalue weighted by molar-refractivity contribution is -0.139. The van der Waals surface area contributed by atoms with Crippen molar-refractivity contribution in [1.82, 2.24) is 15.1 Å². The quantitative estimate of drug-likeness (QED) is 0.602. The van der Waals surface area contributed by atoms with Crippen molar-refractivity contribution in [2.45, 2.75) is 51.6 Å². The molecule has 1 spiro atoms. The van der Waals surface area contributed by atoms with Crippen LogP contribution in [0.25, 0.3) is 0 Å². The second-order valence-corrected chi connectivity index (χ2v) is 9.95. The van der Waals surface area contributed by atoms with E-state index in [2.05, 4.69) is 5.32 Å². The molecule has 0 saturated carbocycles. The summed E-state index contributed by atoms with van der Waals surface area (Å²) in [7, 11) is 1.48. The highest BCUT2D eigenvalue weighted by Crippen LogP contribution is 2.40. The van der Waals surface area contributed by atoms with E-state index in [0.717, 1.165) is 4.90 Å². The van der Waals surface area contributed by atoms with Crippen LogP contribution in [0.3, 0.4) is 0 Å². The number of nitrogens with one attached hydrogen (secondary N) is 1. The van der Waals surface area contributed by atoms with Gasteiger partial charge in [0.15, 0.2) is 0 Å². The highest BCUT2D eigenvalue weighted by Gasteiger charge is 2.58. The molecule has 1 N–H and O–H groups in total. The first kappa shape index (κ1) is 26.3. The van der Waals surface area contributed by atoms with Gasteiger partial charge in [-0.25, -0.2) is 9.18 Å². The Bertz CT molecular complexity index is 1210. The van der Waals surface area contributed by atoms with Crippen molar-refractivity contribution in [3.05, 3.63) is 65.5 Å². The lowest BCUT2D eigenvalue weighted by Gasteiger charge is -2.43. The number of amides is 5. The molecule has 2 atom stereocenters. The standard InChI is InChI=1S/C28H33FN4O4/c1-5-18(2)23(30-24(34)21-13-9-10-19(3)22(21)29)25(35)32-16-14-28(15-17-32)26(36)31(4)27(37)33(28)20-11-7-6-8-12-20/h6-13,18,23H,5,14-17H2,1-4H3,(H,30,34)/t18-,23-/m1/s1. The molecule has 2 saturated heterocycles. The zero-order valence-corrected chi connectivity index (χ0v) is 21.7. The van der Waals surface area contributed by atoms with E-state index in [9.17, 15) is 23.6 Å². The Labute approximate surface area is 216 Å². The van der Waals surface area contributed by atoms with Crippen LogP contribution in [0.2, 0.25) is 0 Å². The summed E-state index contributed by atoms with van der Waals surface area (Å²) in [6.07, 6.45) is 1.18. The Morgan fingerprint density at radius 1 is 1.05 bits per heavy atom. The largest absolute Gasteiger partial charge is 0.341 e. The van der Waals surface area contributed by atoms with Gasteiger partial charge in [-0.3, -0.25) is 24.2 Å². The summed E-state index contributed by atoms with van der Waals surface area (Å²) >= 11 is 0. The average molecular weight is 509 g/mol. The molecule has 2 aromatic carbocycles. The summed E-state index contributed by atoms with van der Waals surface area (Å²) in [4.78, 5) is 57.2. The molecule has 196 valence electrons. The first-order valence-electron chi connectivity index (χ1n) is 12.6. The number of halogens is 1. The minimum Gasteiger partial charge on any atom is -0.341 e. The van der Waals surface area contributed by atoms with E-state index in [0.29, 0.717) is 17.7 Å². The molecule has 2 aliphatic rings. The fourth-order valence-electron chi connectivity index (χ4n) is 5.22. The van der Waals surface area contributed by atoms with E-state index in [1.54, 1.807) is 41.0 Å². The number of imide groups is 1. The van der Waals surface area contributed by atoms with Crippen molar-refractivity contribution >= 4 is 29.4 Å². The fourth-order valence-corrected chi connectivity index (χ4v) is 5.22. The van der Waals surface area contributed by atoms with Crippen molar-refractivity contribution in [3.8, 4) is 0 Å². The number of hydrogen-bond acceptors (Lipinski definition) is 4. The summed E-state index contributed by atoms with van der Waals surface area (Å²) in [6.45, 7) is 5.86. The molecule has 0 radical (unpaired) electrons. The average Bonchev–Trinajstić information content (AvgIpc) is 3.09. The van der Waals surface area contributed by atoms with Gasteiger partial charge in [0.05, 0.1) is 5.56 Å². The summed E-state index contributed by atoms with van der Waals surface area (Å²) in [5, 5.41) is 2.76. The molecule has 0 unspecified atom stereocenters. The van der Waals surface area contributed by atoms with Crippen molar-refractivity contribution in [2.75, 3.05) is 25.0 Å². The summed E-state index contributed by atoms with van der Waals surface area (Å²) < 4.78 is 14.6. The van der Waals surface area contributed by atoms with Gasteiger partial charge in [0.2, 0.25) is 5.91 Å². The third kappa shape index (κ3) is 4.58. The number of carbonyl (C=O) groups excluding carboxylic acids is 4. The van der Waals surface area contributed by atoms with Crippen molar-refractivity contribution in [1.29, 1.82) is 0 Å². The van der Waals surface area contributed by atoms with Crippen molar-refractivity contribution < 1.29 is 23.6 Å². The van der Waals surface area contributed by atoms with Gasteiger partial charge >= 0.3 is 6.03 Å². The number of piperidine rings is 1. The van der Waals surface area contributed by atoms with Crippen molar-refractivity contribution in [2.24, 2.45) is 5.92 Å². The maximum Gasteiger partial charge on any atom is 0.331 e. The zero-order chi connectivity index (χ0) is 26.9. The van der Waals surface area contributed by atoms with Gasteiger partial charge in [-0.15, -0.1) is 0 Å². The number of para-hydroxylation sites is 1. The Balaban J connectivity index is 1.54. The maximum absolute atomic E-state index is 14.6. The molecule has 0 aromatic heterocycles. The first-order valence-corrected chi connectivity index (χ1v) is 12.6. The number of urea groups is 1. The highest BCUT2D eigenvalue weighted by atomic mass is 19.1. The smallest absolute Gasteiger partial charge is 0.331 e. The van der Waals surface area contributed by atoms with Crippen LogP contribution >= 0.6 is 0 Å². The Morgan fingerprint density at radius 3 is 2.32 bits per heavy atom.